The van der Waals surface area contributed by atoms with E-state index in [4.69, 9.17) is 5.73 Å². The van der Waals surface area contributed by atoms with Crippen LogP contribution in [-0.4, -0.2) is 26.5 Å². The first kappa shape index (κ1) is 13.2. The maximum absolute atomic E-state index is 11.3. The van der Waals surface area contributed by atoms with Gasteiger partial charge in [0.05, 0.1) is 4.90 Å². The van der Waals surface area contributed by atoms with E-state index < -0.39 is 21.7 Å². The maximum atomic E-state index is 11.3. The second kappa shape index (κ2) is 4.96. The number of nitrogens with two attached hydrogens (primary N) is 1. The van der Waals surface area contributed by atoms with Gasteiger partial charge in [-0.1, -0.05) is 12.1 Å². The van der Waals surface area contributed by atoms with Gasteiger partial charge in [-0.3, -0.25) is 9.59 Å². The SMILES string of the molecule is CS(=O)(=O)c1cccc(CNC(=O)C(N)=O)c1. The summed E-state index contributed by atoms with van der Waals surface area (Å²) in [5.41, 5.74) is 5.32. The van der Waals surface area contributed by atoms with E-state index in [1.54, 1.807) is 12.1 Å². The number of hydrogen-bond donors (Lipinski definition) is 2. The summed E-state index contributed by atoms with van der Waals surface area (Å²) in [5.74, 6) is -1.99. The Bertz CT molecular complexity index is 551. The van der Waals surface area contributed by atoms with Gasteiger partial charge in [0.25, 0.3) is 0 Å². The fourth-order valence-electron chi connectivity index (χ4n) is 1.16. The van der Waals surface area contributed by atoms with Gasteiger partial charge in [-0.15, -0.1) is 0 Å². The van der Waals surface area contributed by atoms with Gasteiger partial charge < -0.3 is 11.1 Å². The Morgan fingerprint density at radius 2 is 2.00 bits per heavy atom. The molecule has 0 heterocycles. The minimum atomic E-state index is -3.28. The number of amides is 2. The first-order valence-electron chi connectivity index (χ1n) is 4.67. The average Bonchev–Trinajstić information content (AvgIpc) is 2.25. The molecule has 2 amide bonds. The van der Waals surface area contributed by atoms with E-state index in [1.807, 2.05) is 0 Å². The molecule has 0 atom stereocenters. The number of primary amides is 1. The van der Waals surface area contributed by atoms with E-state index in [-0.39, 0.29) is 11.4 Å². The van der Waals surface area contributed by atoms with Crippen molar-refractivity contribution < 1.29 is 18.0 Å². The minimum absolute atomic E-state index is 0.0468. The van der Waals surface area contributed by atoms with E-state index >= 15 is 0 Å². The van der Waals surface area contributed by atoms with Crippen molar-refractivity contribution in [3.63, 3.8) is 0 Å². The quantitative estimate of drug-likeness (QED) is 0.690. The first-order valence-corrected chi connectivity index (χ1v) is 6.56. The van der Waals surface area contributed by atoms with Crippen LogP contribution in [0.1, 0.15) is 5.56 Å². The Morgan fingerprint density at radius 3 is 2.53 bits per heavy atom. The highest BCUT2D eigenvalue weighted by Gasteiger charge is 2.10. The molecule has 6 nitrogen and oxygen atoms in total. The normalized spacial score (nSPS) is 10.9. The Kier molecular flexibility index (Phi) is 3.84. The molecule has 0 unspecified atom stereocenters. The van der Waals surface area contributed by atoms with Gasteiger partial charge in [0.2, 0.25) is 0 Å². The predicted molar refractivity (Wildman–Crippen MR) is 60.6 cm³/mol. The molecule has 0 radical (unpaired) electrons. The van der Waals surface area contributed by atoms with Crippen LogP contribution in [0.5, 0.6) is 0 Å². The third kappa shape index (κ3) is 3.87. The van der Waals surface area contributed by atoms with Crippen LogP contribution in [-0.2, 0) is 26.0 Å². The van der Waals surface area contributed by atoms with Crippen LogP contribution in [0.15, 0.2) is 29.2 Å². The molecule has 0 saturated heterocycles. The highest BCUT2D eigenvalue weighted by atomic mass is 32.2. The number of sulfone groups is 1. The molecule has 0 aromatic heterocycles. The molecule has 0 saturated carbocycles. The number of benzene rings is 1. The van der Waals surface area contributed by atoms with E-state index in [9.17, 15) is 18.0 Å². The molecule has 1 aromatic rings. The molecule has 17 heavy (non-hydrogen) atoms. The Morgan fingerprint density at radius 1 is 1.35 bits per heavy atom. The summed E-state index contributed by atoms with van der Waals surface area (Å²) < 4.78 is 22.5. The number of hydrogen-bond acceptors (Lipinski definition) is 4. The number of nitrogens with one attached hydrogen (secondary N) is 1. The molecule has 1 rings (SSSR count). The van der Waals surface area contributed by atoms with Gasteiger partial charge in [-0.05, 0) is 17.7 Å². The second-order valence-corrected chi connectivity index (χ2v) is 5.48. The topological polar surface area (TPSA) is 106 Å². The third-order valence-electron chi connectivity index (χ3n) is 2.00. The lowest BCUT2D eigenvalue weighted by Crippen LogP contribution is -2.35. The molecule has 0 spiro atoms. The summed E-state index contributed by atoms with van der Waals surface area (Å²) in [4.78, 5) is 21.5. The van der Waals surface area contributed by atoms with Crippen molar-refractivity contribution in [1.29, 1.82) is 0 Å². The van der Waals surface area contributed by atoms with Crippen molar-refractivity contribution in [1.82, 2.24) is 5.32 Å². The largest absolute Gasteiger partial charge is 0.361 e. The first-order chi connectivity index (χ1) is 7.80. The Balaban J connectivity index is 2.80. The maximum Gasteiger partial charge on any atom is 0.309 e. The van der Waals surface area contributed by atoms with Crippen LogP contribution in [0, 0.1) is 0 Å². The predicted octanol–water partition coefficient (Wildman–Crippen LogP) is -0.808. The summed E-state index contributed by atoms with van der Waals surface area (Å²) in [7, 11) is -3.28. The summed E-state index contributed by atoms with van der Waals surface area (Å²) in [6.07, 6.45) is 1.09. The molecule has 0 bridgehead atoms. The fourth-order valence-corrected chi connectivity index (χ4v) is 1.85. The van der Waals surface area contributed by atoms with Crippen LogP contribution < -0.4 is 11.1 Å². The van der Waals surface area contributed by atoms with E-state index in [0.29, 0.717) is 5.56 Å². The van der Waals surface area contributed by atoms with Crippen molar-refractivity contribution in [3.05, 3.63) is 29.8 Å². The van der Waals surface area contributed by atoms with Gasteiger partial charge in [0.1, 0.15) is 0 Å². The summed E-state index contributed by atoms with van der Waals surface area (Å²) >= 11 is 0. The number of rotatable bonds is 3. The lowest BCUT2D eigenvalue weighted by Gasteiger charge is -2.04. The van der Waals surface area contributed by atoms with Crippen LogP contribution in [0.2, 0.25) is 0 Å². The van der Waals surface area contributed by atoms with Crippen LogP contribution >= 0.6 is 0 Å². The van der Waals surface area contributed by atoms with Crippen molar-refractivity contribution in [2.45, 2.75) is 11.4 Å². The molecule has 7 heteroatoms. The van der Waals surface area contributed by atoms with Crippen molar-refractivity contribution in [3.8, 4) is 0 Å². The standard InChI is InChI=1S/C10H12N2O4S/c1-17(15,16)8-4-2-3-7(5-8)6-12-10(14)9(11)13/h2-5H,6H2,1H3,(H2,11,13)(H,12,14). The average molecular weight is 256 g/mol. The van der Waals surface area contributed by atoms with E-state index in [0.717, 1.165) is 6.26 Å². The molecule has 0 fully saturated rings. The molecule has 0 aliphatic carbocycles. The van der Waals surface area contributed by atoms with Crippen molar-refractivity contribution >= 4 is 21.7 Å². The van der Waals surface area contributed by atoms with Crippen LogP contribution in [0.4, 0.5) is 0 Å². The summed E-state index contributed by atoms with van der Waals surface area (Å²) in [5, 5.41) is 2.27. The van der Waals surface area contributed by atoms with E-state index in [2.05, 4.69) is 5.32 Å². The minimum Gasteiger partial charge on any atom is -0.361 e. The zero-order valence-corrected chi connectivity index (χ0v) is 9.95. The lowest BCUT2D eigenvalue weighted by molar-refractivity contribution is -0.137. The van der Waals surface area contributed by atoms with Crippen LogP contribution in [0.25, 0.3) is 0 Å². The number of carbonyl (C=O) groups is 2. The van der Waals surface area contributed by atoms with Crippen molar-refractivity contribution in [2.24, 2.45) is 5.73 Å². The monoisotopic (exact) mass is 256 g/mol. The fraction of sp³-hybridized carbons (Fsp3) is 0.200. The van der Waals surface area contributed by atoms with Gasteiger partial charge in [0.15, 0.2) is 9.84 Å². The third-order valence-corrected chi connectivity index (χ3v) is 3.11. The molecule has 1 aromatic carbocycles. The number of carbonyl (C=O) groups excluding carboxylic acids is 2. The highest BCUT2D eigenvalue weighted by Crippen LogP contribution is 2.10. The molecule has 92 valence electrons. The molecular formula is C10H12N2O4S. The van der Waals surface area contributed by atoms with Gasteiger partial charge in [-0.2, -0.15) is 0 Å². The zero-order chi connectivity index (χ0) is 13.1. The van der Waals surface area contributed by atoms with Gasteiger partial charge in [-0.25, -0.2) is 8.42 Å². The Hall–Kier alpha value is -1.89. The Labute approximate surface area is 98.7 Å². The van der Waals surface area contributed by atoms with E-state index in [1.165, 1.54) is 12.1 Å². The molecular weight excluding hydrogens is 244 g/mol. The molecule has 0 aliphatic heterocycles. The highest BCUT2D eigenvalue weighted by molar-refractivity contribution is 7.90. The van der Waals surface area contributed by atoms with Crippen LogP contribution in [0.3, 0.4) is 0 Å². The van der Waals surface area contributed by atoms with Gasteiger partial charge in [0, 0.05) is 12.8 Å². The summed E-state index contributed by atoms with van der Waals surface area (Å²) in [6.45, 7) is 0.0468. The molecule has 0 aliphatic rings. The van der Waals surface area contributed by atoms with Gasteiger partial charge >= 0.3 is 11.8 Å². The summed E-state index contributed by atoms with van der Waals surface area (Å²) in [6, 6.07) is 6.07. The lowest BCUT2D eigenvalue weighted by atomic mass is 10.2. The zero-order valence-electron chi connectivity index (χ0n) is 9.14. The molecule has 3 N–H and O–H groups in total. The smallest absolute Gasteiger partial charge is 0.309 e. The second-order valence-electron chi connectivity index (χ2n) is 3.47. The van der Waals surface area contributed by atoms with Crippen molar-refractivity contribution in [2.75, 3.05) is 6.26 Å².